The van der Waals surface area contributed by atoms with Crippen LogP contribution in [-0.4, -0.2) is 36.5 Å². The molecule has 0 unspecified atom stereocenters. The fraction of sp³-hybridized carbons (Fsp3) is 0.385. The Morgan fingerprint density at radius 1 is 1.24 bits per heavy atom. The second-order valence-corrected chi connectivity index (χ2v) is 3.97. The molecule has 0 heterocycles. The van der Waals surface area contributed by atoms with Crippen molar-refractivity contribution in [3.05, 3.63) is 35.9 Å². The molecular formula is C13H17NO3. The van der Waals surface area contributed by atoms with Crippen molar-refractivity contribution in [2.45, 2.75) is 19.9 Å². The van der Waals surface area contributed by atoms with Crippen molar-refractivity contribution in [1.29, 1.82) is 0 Å². The third-order valence-electron chi connectivity index (χ3n) is 2.43. The molecule has 0 N–H and O–H groups in total. The summed E-state index contributed by atoms with van der Waals surface area (Å²) in [7, 11) is 1.31. The van der Waals surface area contributed by atoms with E-state index in [0.29, 0.717) is 5.56 Å². The first-order valence-corrected chi connectivity index (χ1v) is 5.49. The van der Waals surface area contributed by atoms with Gasteiger partial charge in [-0.1, -0.05) is 18.2 Å². The predicted octanol–water partition coefficient (Wildman–Crippen LogP) is 1.71. The van der Waals surface area contributed by atoms with Crippen molar-refractivity contribution in [3.8, 4) is 0 Å². The molecule has 0 bridgehead atoms. The highest BCUT2D eigenvalue weighted by molar-refractivity contribution is 5.96. The Labute approximate surface area is 101 Å². The molecule has 0 spiro atoms. The maximum atomic E-state index is 12.2. The average molecular weight is 235 g/mol. The summed E-state index contributed by atoms with van der Waals surface area (Å²) in [6, 6.07) is 8.84. The number of rotatable bonds is 4. The minimum atomic E-state index is -0.414. The third kappa shape index (κ3) is 3.59. The van der Waals surface area contributed by atoms with Gasteiger partial charge in [0, 0.05) is 11.6 Å². The molecule has 4 heteroatoms. The Balaban J connectivity index is 2.85. The number of amides is 1. The Hall–Kier alpha value is -1.84. The number of hydrogen-bond donors (Lipinski definition) is 0. The monoisotopic (exact) mass is 235 g/mol. The van der Waals surface area contributed by atoms with Crippen LogP contribution in [0.1, 0.15) is 24.2 Å². The molecule has 0 saturated carbocycles. The zero-order valence-electron chi connectivity index (χ0n) is 10.3. The van der Waals surface area contributed by atoms with Crippen LogP contribution in [0.5, 0.6) is 0 Å². The van der Waals surface area contributed by atoms with Crippen LogP contribution in [-0.2, 0) is 9.53 Å². The molecule has 1 aromatic rings. The van der Waals surface area contributed by atoms with Gasteiger partial charge in [0.2, 0.25) is 0 Å². The molecular weight excluding hydrogens is 218 g/mol. The van der Waals surface area contributed by atoms with Gasteiger partial charge in [0.25, 0.3) is 5.91 Å². The topological polar surface area (TPSA) is 46.6 Å². The van der Waals surface area contributed by atoms with Gasteiger partial charge in [-0.2, -0.15) is 0 Å². The zero-order chi connectivity index (χ0) is 12.8. The first-order chi connectivity index (χ1) is 8.06. The average Bonchev–Trinajstić information content (AvgIpc) is 2.35. The Morgan fingerprint density at radius 3 is 2.29 bits per heavy atom. The van der Waals surface area contributed by atoms with Gasteiger partial charge in [-0.15, -0.1) is 0 Å². The lowest BCUT2D eigenvalue weighted by Gasteiger charge is -2.25. The number of ether oxygens (including phenoxy) is 1. The SMILES string of the molecule is COC(=O)CN(C(=O)c1ccccc1)C(C)C. The van der Waals surface area contributed by atoms with Crippen LogP contribution in [0, 0.1) is 0 Å². The maximum absolute atomic E-state index is 12.2. The summed E-state index contributed by atoms with van der Waals surface area (Å²) < 4.78 is 4.58. The molecule has 0 atom stereocenters. The Kier molecular flexibility index (Phi) is 4.69. The van der Waals surface area contributed by atoms with Gasteiger partial charge in [-0.3, -0.25) is 9.59 Å². The molecule has 0 radical (unpaired) electrons. The van der Waals surface area contributed by atoms with Crippen LogP contribution in [0.15, 0.2) is 30.3 Å². The van der Waals surface area contributed by atoms with Crippen LogP contribution in [0.25, 0.3) is 0 Å². The molecule has 0 aliphatic rings. The lowest BCUT2D eigenvalue weighted by Crippen LogP contribution is -2.41. The van der Waals surface area contributed by atoms with Crippen molar-refractivity contribution in [1.82, 2.24) is 4.90 Å². The van der Waals surface area contributed by atoms with E-state index < -0.39 is 5.97 Å². The molecule has 1 rings (SSSR count). The van der Waals surface area contributed by atoms with Gasteiger partial charge in [0.15, 0.2) is 0 Å². The predicted molar refractivity (Wildman–Crippen MR) is 64.6 cm³/mol. The molecule has 17 heavy (non-hydrogen) atoms. The van der Waals surface area contributed by atoms with Crippen LogP contribution in [0.4, 0.5) is 0 Å². The van der Waals surface area contributed by atoms with Crippen LogP contribution in [0.2, 0.25) is 0 Å². The molecule has 0 fully saturated rings. The minimum Gasteiger partial charge on any atom is -0.468 e. The number of esters is 1. The smallest absolute Gasteiger partial charge is 0.325 e. The van der Waals surface area contributed by atoms with E-state index in [4.69, 9.17) is 0 Å². The van der Waals surface area contributed by atoms with Gasteiger partial charge in [-0.25, -0.2) is 0 Å². The molecule has 1 amide bonds. The fourth-order valence-corrected chi connectivity index (χ4v) is 1.44. The summed E-state index contributed by atoms with van der Waals surface area (Å²) >= 11 is 0. The minimum absolute atomic E-state index is 0.0259. The summed E-state index contributed by atoms with van der Waals surface area (Å²) in [5.41, 5.74) is 0.574. The van der Waals surface area contributed by atoms with E-state index in [-0.39, 0.29) is 18.5 Å². The fourth-order valence-electron chi connectivity index (χ4n) is 1.44. The van der Waals surface area contributed by atoms with E-state index >= 15 is 0 Å². The normalized spacial score (nSPS) is 10.1. The van der Waals surface area contributed by atoms with Crippen molar-refractivity contribution >= 4 is 11.9 Å². The number of carbonyl (C=O) groups excluding carboxylic acids is 2. The van der Waals surface area contributed by atoms with E-state index in [9.17, 15) is 9.59 Å². The summed E-state index contributed by atoms with van der Waals surface area (Å²) in [6.07, 6.45) is 0. The van der Waals surface area contributed by atoms with Crippen LogP contribution >= 0.6 is 0 Å². The van der Waals surface area contributed by atoms with E-state index in [1.807, 2.05) is 19.9 Å². The second-order valence-electron chi connectivity index (χ2n) is 3.97. The van der Waals surface area contributed by atoms with E-state index in [1.54, 1.807) is 24.3 Å². The van der Waals surface area contributed by atoms with Crippen molar-refractivity contribution in [3.63, 3.8) is 0 Å². The van der Waals surface area contributed by atoms with Gasteiger partial charge >= 0.3 is 5.97 Å². The zero-order valence-corrected chi connectivity index (χ0v) is 10.3. The summed E-state index contributed by atoms with van der Waals surface area (Å²) in [4.78, 5) is 24.9. The third-order valence-corrected chi connectivity index (χ3v) is 2.43. The lowest BCUT2D eigenvalue weighted by atomic mass is 10.1. The van der Waals surface area contributed by atoms with Gasteiger partial charge in [0.1, 0.15) is 6.54 Å². The van der Waals surface area contributed by atoms with Crippen molar-refractivity contribution in [2.75, 3.05) is 13.7 Å². The number of nitrogens with zero attached hydrogens (tertiary/aromatic N) is 1. The van der Waals surface area contributed by atoms with Crippen LogP contribution in [0.3, 0.4) is 0 Å². The first kappa shape index (κ1) is 13.2. The molecule has 0 aliphatic heterocycles. The number of methoxy groups -OCH3 is 1. The highest BCUT2D eigenvalue weighted by atomic mass is 16.5. The highest BCUT2D eigenvalue weighted by Gasteiger charge is 2.21. The maximum Gasteiger partial charge on any atom is 0.325 e. The summed E-state index contributed by atoms with van der Waals surface area (Å²) in [5, 5.41) is 0. The lowest BCUT2D eigenvalue weighted by molar-refractivity contribution is -0.141. The number of carbonyl (C=O) groups is 2. The van der Waals surface area contributed by atoms with Crippen molar-refractivity contribution in [2.24, 2.45) is 0 Å². The Bertz CT molecular complexity index is 387. The Morgan fingerprint density at radius 2 is 1.82 bits per heavy atom. The largest absolute Gasteiger partial charge is 0.468 e. The van der Waals surface area contributed by atoms with Gasteiger partial charge < -0.3 is 9.64 Å². The van der Waals surface area contributed by atoms with E-state index in [1.165, 1.54) is 12.0 Å². The number of benzene rings is 1. The highest BCUT2D eigenvalue weighted by Crippen LogP contribution is 2.08. The molecule has 0 aliphatic carbocycles. The van der Waals surface area contributed by atoms with E-state index in [0.717, 1.165) is 0 Å². The molecule has 1 aromatic carbocycles. The summed E-state index contributed by atoms with van der Waals surface area (Å²) in [5.74, 6) is -0.575. The van der Waals surface area contributed by atoms with Crippen LogP contribution < -0.4 is 0 Å². The standard InChI is InChI=1S/C13H17NO3/c1-10(2)14(9-12(15)17-3)13(16)11-7-5-4-6-8-11/h4-8,10H,9H2,1-3H3. The molecule has 0 saturated heterocycles. The molecule has 0 aromatic heterocycles. The van der Waals surface area contributed by atoms with Gasteiger partial charge in [-0.05, 0) is 26.0 Å². The second kappa shape index (κ2) is 6.03. The molecule has 4 nitrogen and oxygen atoms in total. The van der Waals surface area contributed by atoms with Crippen molar-refractivity contribution < 1.29 is 14.3 Å². The van der Waals surface area contributed by atoms with E-state index in [2.05, 4.69) is 4.74 Å². The quantitative estimate of drug-likeness (QED) is 0.746. The first-order valence-electron chi connectivity index (χ1n) is 5.49. The van der Waals surface area contributed by atoms with Gasteiger partial charge in [0.05, 0.1) is 7.11 Å². The summed E-state index contributed by atoms with van der Waals surface area (Å²) in [6.45, 7) is 3.70. The number of hydrogen-bond acceptors (Lipinski definition) is 3. The molecule has 92 valence electrons.